The van der Waals surface area contributed by atoms with E-state index in [1.54, 1.807) is 0 Å². The van der Waals surface area contributed by atoms with E-state index in [-0.39, 0.29) is 24.3 Å². The van der Waals surface area contributed by atoms with Gasteiger partial charge in [-0.15, -0.1) is 0 Å². The third-order valence-electron chi connectivity index (χ3n) is 8.77. The maximum Gasteiger partial charge on any atom is 0.416 e. The lowest BCUT2D eigenvalue weighted by molar-refractivity contribution is -0.137. The first-order valence-electron chi connectivity index (χ1n) is 13.9. The molecule has 2 aromatic carbocycles. The van der Waals surface area contributed by atoms with Crippen LogP contribution in [0.5, 0.6) is 0 Å². The van der Waals surface area contributed by atoms with E-state index in [9.17, 15) is 22.8 Å². The minimum absolute atomic E-state index is 0.142. The Labute approximate surface area is 227 Å². The van der Waals surface area contributed by atoms with Crippen molar-refractivity contribution in [2.24, 2.45) is 0 Å². The van der Waals surface area contributed by atoms with Crippen molar-refractivity contribution in [3.05, 3.63) is 70.8 Å². The summed E-state index contributed by atoms with van der Waals surface area (Å²) in [5, 5.41) is 5.42. The number of ether oxygens (including phenoxy) is 1. The Hall–Kier alpha value is -2.91. The summed E-state index contributed by atoms with van der Waals surface area (Å²) in [6.07, 6.45) is 2.26. The van der Waals surface area contributed by atoms with Crippen molar-refractivity contribution in [2.75, 3.05) is 26.2 Å². The Morgan fingerprint density at radius 3 is 2.56 bits per heavy atom. The molecule has 210 valence electrons. The molecule has 0 radical (unpaired) electrons. The number of halogens is 3. The van der Waals surface area contributed by atoms with E-state index >= 15 is 0 Å². The van der Waals surface area contributed by atoms with Crippen LogP contribution in [0.3, 0.4) is 0 Å². The van der Waals surface area contributed by atoms with Crippen LogP contribution in [0.4, 0.5) is 13.2 Å². The molecule has 39 heavy (non-hydrogen) atoms. The van der Waals surface area contributed by atoms with Gasteiger partial charge in [-0.2, -0.15) is 13.2 Å². The van der Waals surface area contributed by atoms with Crippen LogP contribution < -0.4 is 10.6 Å². The smallest absolute Gasteiger partial charge is 0.375 e. The summed E-state index contributed by atoms with van der Waals surface area (Å²) >= 11 is 0. The molecule has 1 aliphatic heterocycles. The number of aryl methyl sites for hydroxylation is 1. The number of carbonyl (C=O) groups excluding carboxylic acids is 2. The third-order valence-corrected chi connectivity index (χ3v) is 8.77. The molecule has 1 heterocycles. The second kappa shape index (κ2) is 11.3. The normalized spacial score (nSPS) is 26.9. The van der Waals surface area contributed by atoms with E-state index in [1.165, 1.54) is 42.5 Å². The van der Waals surface area contributed by atoms with Crippen LogP contribution in [0, 0.1) is 0 Å². The first-order valence-corrected chi connectivity index (χ1v) is 13.9. The van der Waals surface area contributed by atoms with Crippen LogP contribution in [0.2, 0.25) is 0 Å². The van der Waals surface area contributed by atoms with Gasteiger partial charge in [0, 0.05) is 31.3 Å². The molecule has 1 saturated heterocycles. The van der Waals surface area contributed by atoms with E-state index in [0.717, 1.165) is 37.9 Å². The zero-order chi connectivity index (χ0) is 27.6. The first-order chi connectivity index (χ1) is 18.7. The summed E-state index contributed by atoms with van der Waals surface area (Å²) in [6, 6.07) is 13.2. The summed E-state index contributed by atoms with van der Waals surface area (Å²) in [5.41, 5.74) is 2.29. The number of alkyl halides is 3. The van der Waals surface area contributed by atoms with E-state index in [0.29, 0.717) is 24.6 Å². The van der Waals surface area contributed by atoms with E-state index < -0.39 is 23.6 Å². The molecular weight excluding hydrogens is 507 g/mol. The fourth-order valence-corrected chi connectivity index (χ4v) is 6.78. The lowest BCUT2D eigenvalue weighted by Gasteiger charge is -2.41. The SMILES string of the molecule is CCO[C@H]1CN(C2CCC3(CCc4ccccc43)CC2)C[C@@H]1NC(=O)CNC(=O)c1cccc(C(F)(F)F)c1. The summed E-state index contributed by atoms with van der Waals surface area (Å²) in [6.45, 7) is 3.55. The highest BCUT2D eigenvalue weighted by Crippen LogP contribution is 2.49. The van der Waals surface area contributed by atoms with E-state index in [4.69, 9.17) is 4.74 Å². The van der Waals surface area contributed by atoms with Crippen LogP contribution in [0.25, 0.3) is 0 Å². The Balaban J connectivity index is 1.14. The predicted octanol–water partition coefficient (Wildman–Crippen LogP) is 4.47. The second-order valence-corrected chi connectivity index (χ2v) is 11.1. The molecule has 2 atom stereocenters. The first kappa shape index (κ1) is 27.6. The van der Waals surface area contributed by atoms with Crippen molar-refractivity contribution < 1.29 is 27.5 Å². The zero-order valence-electron chi connectivity index (χ0n) is 22.2. The van der Waals surface area contributed by atoms with Crippen molar-refractivity contribution in [2.45, 2.75) is 75.2 Å². The molecule has 1 spiro atoms. The van der Waals surface area contributed by atoms with Gasteiger partial charge in [-0.05, 0) is 80.2 Å². The molecular formula is C30H36F3N3O3. The molecule has 1 saturated carbocycles. The largest absolute Gasteiger partial charge is 0.416 e. The minimum Gasteiger partial charge on any atom is -0.375 e. The molecule has 0 unspecified atom stereocenters. The Kier molecular flexibility index (Phi) is 8.01. The molecule has 2 aliphatic carbocycles. The monoisotopic (exact) mass is 543 g/mol. The van der Waals surface area contributed by atoms with Gasteiger partial charge < -0.3 is 15.4 Å². The van der Waals surface area contributed by atoms with Gasteiger partial charge in [0.2, 0.25) is 5.91 Å². The summed E-state index contributed by atoms with van der Waals surface area (Å²) in [5.74, 6) is -1.12. The molecule has 6 nitrogen and oxygen atoms in total. The van der Waals surface area contributed by atoms with Crippen LogP contribution in [-0.4, -0.2) is 61.1 Å². The third kappa shape index (κ3) is 5.99. The fraction of sp³-hybridized carbons (Fsp3) is 0.533. The number of amides is 2. The fourth-order valence-electron chi connectivity index (χ4n) is 6.78. The topological polar surface area (TPSA) is 70.7 Å². The highest BCUT2D eigenvalue weighted by molar-refractivity contribution is 5.96. The van der Waals surface area contributed by atoms with Crippen molar-refractivity contribution in [1.82, 2.24) is 15.5 Å². The Morgan fingerprint density at radius 2 is 1.82 bits per heavy atom. The second-order valence-electron chi connectivity index (χ2n) is 11.1. The average Bonchev–Trinajstić information content (AvgIpc) is 3.49. The lowest BCUT2D eigenvalue weighted by Crippen LogP contribution is -2.48. The Morgan fingerprint density at radius 1 is 1.05 bits per heavy atom. The number of carbonyl (C=O) groups is 2. The molecule has 2 amide bonds. The van der Waals surface area contributed by atoms with Gasteiger partial charge in [0.25, 0.3) is 5.91 Å². The van der Waals surface area contributed by atoms with Crippen LogP contribution in [-0.2, 0) is 27.5 Å². The maximum atomic E-state index is 13.0. The number of hydrogen-bond donors (Lipinski definition) is 2. The standard InChI is InChI=1S/C30H36F3N3O3/c1-2-39-26-19-36(23-11-14-29(15-12-23)13-10-20-6-3-4-9-24(20)29)18-25(26)35-27(37)17-34-28(38)21-7-5-8-22(16-21)30(31,32)33/h3-9,16,23,25-26H,2,10-15,17-19H2,1H3,(H,34,38)(H,35,37)/t23?,25-,26-,29?/m0/s1. The summed E-state index contributed by atoms with van der Waals surface area (Å²) < 4.78 is 44.9. The predicted molar refractivity (Wildman–Crippen MR) is 141 cm³/mol. The van der Waals surface area contributed by atoms with Gasteiger partial charge >= 0.3 is 6.18 Å². The van der Waals surface area contributed by atoms with E-state index in [2.05, 4.69) is 39.8 Å². The van der Waals surface area contributed by atoms with Gasteiger partial charge in [-0.3, -0.25) is 14.5 Å². The zero-order valence-corrected chi connectivity index (χ0v) is 22.2. The number of nitrogens with zero attached hydrogens (tertiary/aromatic N) is 1. The van der Waals surface area contributed by atoms with Gasteiger partial charge in [0.05, 0.1) is 24.3 Å². The molecule has 2 N–H and O–H groups in total. The van der Waals surface area contributed by atoms with Gasteiger partial charge in [-0.25, -0.2) is 0 Å². The van der Waals surface area contributed by atoms with Crippen molar-refractivity contribution >= 4 is 11.8 Å². The van der Waals surface area contributed by atoms with E-state index in [1.807, 2.05) is 6.92 Å². The van der Waals surface area contributed by atoms with Crippen LogP contribution >= 0.6 is 0 Å². The highest BCUT2D eigenvalue weighted by Gasteiger charge is 2.44. The lowest BCUT2D eigenvalue weighted by atomic mass is 9.69. The van der Waals surface area contributed by atoms with Gasteiger partial charge in [0.1, 0.15) is 0 Å². The van der Waals surface area contributed by atoms with Crippen LogP contribution in [0.1, 0.15) is 66.1 Å². The molecule has 2 fully saturated rings. The molecule has 0 bridgehead atoms. The molecule has 5 rings (SSSR count). The summed E-state index contributed by atoms with van der Waals surface area (Å²) in [4.78, 5) is 27.5. The Bertz CT molecular complexity index is 1190. The summed E-state index contributed by atoms with van der Waals surface area (Å²) in [7, 11) is 0. The number of fused-ring (bicyclic) bond motifs is 2. The molecule has 2 aromatic rings. The van der Waals surface area contributed by atoms with Gasteiger partial charge in [-0.1, -0.05) is 30.3 Å². The van der Waals surface area contributed by atoms with Gasteiger partial charge in [0.15, 0.2) is 0 Å². The quantitative estimate of drug-likeness (QED) is 0.541. The van der Waals surface area contributed by atoms with Crippen molar-refractivity contribution in [3.8, 4) is 0 Å². The molecule has 9 heteroatoms. The minimum atomic E-state index is -4.54. The highest BCUT2D eigenvalue weighted by atomic mass is 19.4. The molecule has 3 aliphatic rings. The number of likely N-dealkylation sites (tertiary alicyclic amines) is 1. The maximum absolute atomic E-state index is 13.0. The average molecular weight is 544 g/mol. The van der Waals surface area contributed by atoms with Crippen LogP contribution in [0.15, 0.2) is 48.5 Å². The molecule has 0 aromatic heterocycles. The number of benzene rings is 2. The van der Waals surface area contributed by atoms with Crippen molar-refractivity contribution in [1.29, 1.82) is 0 Å². The number of hydrogen-bond acceptors (Lipinski definition) is 4. The number of rotatable bonds is 7. The van der Waals surface area contributed by atoms with Crippen molar-refractivity contribution in [3.63, 3.8) is 0 Å². The number of nitrogens with one attached hydrogen (secondary N) is 2.